The lowest BCUT2D eigenvalue weighted by molar-refractivity contribution is -0.149. The molecule has 0 spiro atoms. The molecule has 1 heterocycles. The lowest BCUT2D eigenvalue weighted by Gasteiger charge is -2.31. The van der Waals surface area contributed by atoms with Crippen LogP contribution in [-0.2, 0) is 11.3 Å². The van der Waals surface area contributed by atoms with E-state index in [9.17, 15) is 18.0 Å². The van der Waals surface area contributed by atoms with E-state index in [-0.39, 0.29) is 18.0 Å². The van der Waals surface area contributed by atoms with E-state index in [2.05, 4.69) is 10.4 Å². The molecule has 0 aromatic carbocycles. The Bertz CT molecular complexity index is 839. The minimum absolute atomic E-state index is 0.0389. The average molecular weight is 450 g/mol. The molecule has 3 rings (SSSR count). The van der Waals surface area contributed by atoms with Crippen LogP contribution in [0.25, 0.3) is 0 Å². The number of hydrogen-bond donors (Lipinski definition) is 1. The van der Waals surface area contributed by atoms with Gasteiger partial charge in [0.1, 0.15) is 0 Å². The van der Waals surface area contributed by atoms with Crippen molar-refractivity contribution in [3.8, 4) is 0 Å². The predicted octanol–water partition coefficient (Wildman–Crippen LogP) is 5.25. The van der Waals surface area contributed by atoms with Gasteiger partial charge in [-0.25, -0.2) is 0 Å². The van der Waals surface area contributed by atoms with Crippen molar-refractivity contribution in [1.29, 1.82) is 0 Å². The van der Waals surface area contributed by atoms with Crippen LogP contribution in [0.3, 0.4) is 0 Å². The second-order valence-corrected chi connectivity index (χ2v) is 8.98. The highest BCUT2D eigenvalue weighted by atomic mass is 35.5. The molecule has 1 N–H and O–H groups in total. The summed E-state index contributed by atoms with van der Waals surface area (Å²) in [5.74, 6) is -0.0873. The minimum atomic E-state index is -4.62. The van der Waals surface area contributed by atoms with E-state index >= 15 is 0 Å². The first-order valence-corrected chi connectivity index (χ1v) is 10.4. The van der Waals surface area contributed by atoms with Crippen molar-refractivity contribution < 1.29 is 18.0 Å². The topological polar surface area (TPSA) is 46.9 Å². The maximum absolute atomic E-state index is 13.1. The quantitative estimate of drug-likeness (QED) is 0.637. The van der Waals surface area contributed by atoms with Crippen LogP contribution in [0.1, 0.15) is 43.5 Å². The third kappa shape index (κ3) is 4.82. The highest BCUT2D eigenvalue weighted by molar-refractivity contribution is 6.31. The first-order chi connectivity index (χ1) is 13.5. The Labute approximate surface area is 178 Å². The van der Waals surface area contributed by atoms with Gasteiger partial charge in [-0.1, -0.05) is 23.8 Å². The molecule has 4 nitrogen and oxygen atoms in total. The van der Waals surface area contributed by atoms with Crippen LogP contribution in [0.15, 0.2) is 23.8 Å². The Morgan fingerprint density at radius 1 is 1.31 bits per heavy atom. The number of nitrogens with zero attached hydrogens (tertiary/aromatic N) is 2. The molecule has 0 radical (unpaired) electrons. The predicted molar refractivity (Wildman–Crippen MR) is 107 cm³/mol. The summed E-state index contributed by atoms with van der Waals surface area (Å²) in [5.41, 5.74) is 1.72. The van der Waals surface area contributed by atoms with Gasteiger partial charge in [0, 0.05) is 18.2 Å². The molecule has 0 aliphatic heterocycles. The van der Waals surface area contributed by atoms with Crippen molar-refractivity contribution in [2.45, 2.75) is 69.6 Å². The minimum Gasteiger partial charge on any atom is -0.349 e. The fraction of sp³-hybridized carbons (Fsp3) is 0.600. The van der Waals surface area contributed by atoms with Crippen LogP contribution in [-0.4, -0.2) is 32.8 Å². The molecule has 9 heteroatoms. The molecule has 1 atom stereocenters. The lowest BCUT2D eigenvalue weighted by atomic mass is 9.85. The van der Waals surface area contributed by atoms with E-state index in [1.54, 1.807) is 0 Å². The lowest BCUT2D eigenvalue weighted by Crippen LogP contribution is -2.42. The molecule has 160 valence electrons. The van der Waals surface area contributed by atoms with Crippen molar-refractivity contribution in [2.75, 3.05) is 0 Å². The molecule has 0 saturated heterocycles. The zero-order valence-corrected chi connectivity index (χ0v) is 17.8. The molecular formula is C20H24Cl2F3N3O. The van der Waals surface area contributed by atoms with Crippen molar-refractivity contribution >= 4 is 29.1 Å². The fourth-order valence-corrected chi connectivity index (χ4v) is 4.25. The Morgan fingerprint density at radius 2 is 1.97 bits per heavy atom. The van der Waals surface area contributed by atoms with Crippen LogP contribution in [0.4, 0.5) is 13.2 Å². The van der Waals surface area contributed by atoms with Crippen molar-refractivity contribution in [3.05, 3.63) is 40.2 Å². The molecular weight excluding hydrogens is 426 g/mol. The van der Waals surface area contributed by atoms with Crippen LogP contribution < -0.4 is 5.32 Å². The summed E-state index contributed by atoms with van der Waals surface area (Å²) < 4.78 is 41.3. The van der Waals surface area contributed by atoms with Crippen molar-refractivity contribution in [3.63, 3.8) is 0 Å². The van der Waals surface area contributed by atoms with E-state index in [1.165, 1.54) is 12.2 Å². The molecule has 29 heavy (non-hydrogen) atoms. The van der Waals surface area contributed by atoms with E-state index in [1.807, 2.05) is 18.5 Å². The van der Waals surface area contributed by atoms with Gasteiger partial charge < -0.3 is 5.32 Å². The third-order valence-electron chi connectivity index (χ3n) is 5.74. The molecule has 1 aromatic rings. The summed E-state index contributed by atoms with van der Waals surface area (Å²) in [7, 11) is 0. The average Bonchev–Trinajstić information content (AvgIpc) is 2.89. The molecule has 1 aromatic heterocycles. The monoisotopic (exact) mass is 449 g/mol. The van der Waals surface area contributed by atoms with E-state index < -0.39 is 17.0 Å². The van der Waals surface area contributed by atoms with Crippen LogP contribution in [0, 0.1) is 19.8 Å². The Kier molecular flexibility index (Phi) is 6.39. The van der Waals surface area contributed by atoms with E-state index in [4.69, 9.17) is 23.2 Å². The number of hydrogen-bond acceptors (Lipinski definition) is 2. The number of carbonyl (C=O) groups excluding carboxylic acids is 1. The molecule has 2 aliphatic rings. The van der Waals surface area contributed by atoms with Gasteiger partial charge in [-0.3, -0.25) is 9.48 Å². The van der Waals surface area contributed by atoms with Gasteiger partial charge in [0.2, 0.25) is 0 Å². The molecule has 1 unspecified atom stereocenters. The third-order valence-corrected chi connectivity index (χ3v) is 6.76. The number of aromatic nitrogens is 2. The number of carbonyl (C=O) groups is 1. The summed E-state index contributed by atoms with van der Waals surface area (Å²) in [6, 6.07) is -0.0605. The molecule has 1 amide bonds. The second-order valence-electron chi connectivity index (χ2n) is 7.92. The smallest absolute Gasteiger partial charge is 0.349 e. The first kappa shape index (κ1) is 22.2. The Balaban J connectivity index is 1.55. The highest BCUT2D eigenvalue weighted by Crippen LogP contribution is 2.43. The summed E-state index contributed by atoms with van der Waals surface area (Å²) in [4.78, 5) is 9.93. The van der Waals surface area contributed by atoms with Crippen LogP contribution >= 0.6 is 23.2 Å². The van der Waals surface area contributed by atoms with Crippen LogP contribution in [0.5, 0.6) is 0 Å². The van der Waals surface area contributed by atoms with Gasteiger partial charge in [-0.15, -0.1) is 11.6 Å². The Hall–Kier alpha value is -1.47. The molecule has 1 fully saturated rings. The summed E-state index contributed by atoms with van der Waals surface area (Å²) in [5, 5.41) is 8.01. The highest BCUT2D eigenvalue weighted by Gasteiger charge is 2.52. The summed E-state index contributed by atoms with van der Waals surface area (Å²) >= 11 is 11.9. The molecule has 1 saturated carbocycles. The van der Waals surface area contributed by atoms with Gasteiger partial charge in [-0.2, -0.15) is 18.3 Å². The first-order valence-electron chi connectivity index (χ1n) is 9.65. The second kappa shape index (κ2) is 8.34. The number of amides is 1. The van der Waals surface area contributed by atoms with Gasteiger partial charge >= 0.3 is 6.18 Å². The number of nitrogens with one attached hydrogen (secondary N) is 1. The van der Waals surface area contributed by atoms with E-state index in [0.717, 1.165) is 49.7 Å². The fourth-order valence-electron chi connectivity index (χ4n) is 3.91. The largest absolute Gasteiger partial charge is 0.411 e. The maximum atomic E-state index is 13.1. The zero-order valence-electron chi connectivity index (χ0n) is 16.3. The maximum Gasteiger partial charge on any atom is 0.411 e. The summed E-state index contributed by atoms with van der Waals surface area (Å²) in [6.07, 6.45) is 1.87. The SMILES string of the molecule is Cc1nn(CC2CCC(NC(=O)C3=CC(Cl)(C(F)(F)F)CC=C3)CC2)c(C)c1Cl. The number of halogens is 5. The number of aryl methyl sites for hydroxylation is 1. The van der Waals surface area contributed by atoms with Crippen molar-refractivity contribution in [1.82, 2.24) is 15.1 Å². The van der Waals surface area contributed by atoms with Gasteiger partial charge in [0.25, 0.3) is 5.91 Å². The standard InChI is InChI=1S/C20H24Cl2F3N3O/c1-12-17(21)13(2)28(27-12)11-14-5-7-16(8-6-14)26-18(29)15-4-3-9-19(22,10-15)20(23,24)25/h3-4,10,14,16H,5-9,11H2,1-2H3,(H,26,29). The van der Waals surface area contributed by atoms with Gasteiger partial charge in [-0.05, 0) is 57.9 Å². The van der Waals surface area contributed by atoms with Gasteiger partial charge in [0.05, 0.1) is 16.4 Å². The number of allylic oxidation sites excluding steroid dienone is 2. The molecule has 0 bridgehead atoms. The zero-order chi connectivity index (χ0) is 21.4. The van der Waals surface area contributed by atoms with Crippen LogP contribution in [0.2, 0.25) is 5.02 Å². The normalized spacial score (nSPS) is 27.6. The van der Waals surface area contributed by atoms with Crippen molar-refractivity contribution in [2.24, 2.45) is 5.92 Å². The summed E-state index contributed by atoms with van der Waals surface area (Å²) in [6.45, 7) is 4.59. The van der Waals surface area contributed by atoms with E-state index in [0.29, 0.717) is 10.9 Å². The molecule has 2 aliphatic carbocycles. The Morgan fingerprint density at radius 3 is 2.52 bits per heavy atom. The number of rotatable bonds is 4. The number of alkyl halides is 4. The van der Waals surface area contributed by atoms with Gasteiger partial charge in [0.15, 0.2) is 4.87 Å².